The minimum absolute atomic E-state index is 0.193. The summed E-state index contributed by atoms with van der Waals surface area (Å²) in [6.45, 7) is 0. The van der Waals surface area contributed by atoms with Crippen LogP contribution in [0.25, 0.3) is 5.57 Å². The Morgan fingerprint density at radius 2 is 1.36 bits per heavy atom. The van der Waals surface area contributed by atoms with Crippen molar-refractivity contribution >= 4 is 29.7 Å². The monoisotopic (exact) mass is 400 g/mol. The van der Waals surface area contributed by atoms with E-state index in [1.807, 2.05) is 36.4 Å². The van der Waals surface area contributed by atoms with E-state index in [9.17, 15) is 4.79 Å². The van der Waals surface area contributed by atoms with E-state index in [0.717, 1.165) is 5.56 Å². The molecule has 0 heterocycles. The Hall–Kier alpha value is -1.35. The molecular formula is C20H24OSn. The third kappa shape index (κ3) is 5.45. The summed E-state index contributed by atoms with van der Waals surface area (Å²) in [6, 6.07) is 20.0. The quantitative estimate of drug-likeness (QED) is 0.451. The predicted molar refractivity (Wildman–Crippen MR) is 98.0 cm³/mol. The van der Waals surface area contributed by atoms with Gasteiger partial charge in [0.2, 0.25) is 0 Å². The second-order valence-corrected chi connectivity index (χ2v) is 22.5. The summed E-state index contributed by atoms with van der Waals surface area (Å²) in [7, 11) is 0. The number of hydrogen-bond acceptors (Lipinski definition) is 1. The van der Waals surface area contributed by atoms with Gasteiger partial charge in [-0.05, 0) is 0 Å². The summed E-state index contributed by atoms with van der Waals surface area (Å²) in [4.78, 5) is 19.6. The van der Waals surface area contributed by atoms with Gasteiger partial charge in [0.1, 0.15) is 0 Å². The van der Waals surface area contributed by atoms with Crippen molar-refractivity contribution in [2.45, 2.75) is 25.7 Å². The van der Waals surface area contributed by atoms with Crippen molar-refractivity contribution in [3.8, 4) is 0 Å². The van der Waals surface area contributed by atoms with Crippen molar-refractivity contribution in [3.63, 3.8) is 0 Å². The van der Waals surface area contributed by atoms with Gasteiger partial charge in [-0.3, -0.25) is 0 Å². The summed E-state index contributed by atoms with van der Waals surface area (Å²) >= 11 is -1.96. The van der Waals surface area contributed by atoms with E-state index in [0.29, 0.717) is 6.42 Å². The molecule has 0 unspecified atom stereocenters. The van der Waals surface area contributed by atoms with Gasteiger partial charge in [-0.2, -0.15) is 0 Å². The van der Waals surface area contributed by atoms with Crippen molar-refractivity contribution in [3.05, 3.63) is 77.9 Å². The van der Waals surface area contributed by atoms with Gasteiger partial charge >= 0.3 is 138 Å². The van der Waals surface area contributed by atoms with Gasteiger partial charge in [-0.25, -0.2) is 0 Å². The number of allylic oxidation sites excluding steroid dienone is 2. The Kier molecular flexibility index (Phi) is 6.01. The molecule has 0 saturated heterocycles. The van der Waals surface area contributed by atoms with Crippen molar-refractivity contribution < 1.29 is 4.79 Å². The maximum atomic E-state index is 12.3. The Balaban J connectivity index is 2.20. The molecule has 0 spiro atoms. The van der Waals surface area contributed by atoms with Crippen LogP contribution in [0.1, 0.15) is 22.3 Å². The van der Waals surface area contributed by atoms with E-state index >= 15 is 0 Å². The molecule has 0 N–H and O–H groups in total. The molecule has 0 fully saturated rings. The van der Waals surface area contributed by atoms with Gasteiger partial charge in [0.05, 0.1) is 0 Å². The summed E-state index contributed by atoms with van der Waals surface area (Å²) in [5.41, 5.74) is 3.40. The van der Waals surface area contributed by atoms with Crippen LogP contribution < -0.4 is 0 Å². The van der Waals surface area contributed by atoms with Gasteiger partial charge in [-0.15, -0.1) is 0 Å². The SMILES string of the molecule is [CH3][Sn]([CH3])([CH3])[CH2]/C(=C\CC(=O)c1ccccc1)c1ccccc1. The first kappa shape index (κ1) is 17.0. The van der Waals surface area contributed by atoms with Crippen molar-refractivity contribution in [2.24, 2.45) is 0 Å². The van der Waals surface area contributed by atoms with Crippen molar-refractivity contribution in [1.29, 1.82) is 0 Å². The fraction of sp³-hybridized carbons (Fsp3) is 0.250. The summed E-state index contributed by atoms with van der Waals surface area (Å²) in [6.07, 6.45) is 2.63. The molecular weight excluding hydrogens is 375 g/mol. The van der Waals surface area contributed by atoms with E-state index < -0.39 is 18.4 Å². The van der Waals surface area contributed by atoms with Crippen LogP contribution in [0.5, 0.6) is 0 Å². The van der Waals surface area contributed by atoms with Crippen molar-refractivity contribution in [1.82, 2.24) is 0 Å². The van der Waals surface area contributed by atoms with Crippen LogP contribution in [0.3, 0.4) is 0 Å². The fourth-order valence-corrected chi connectivity index (χ4v) is 6.73. The third-order valence-electron chi connectivity index (χ3n) is 3.49. The molecule has 2 aromatic rings. The van der Waals surface area contributed by atoms with E-state index in [4.69, 9.17) is 0 Å². The molecule has 1 nitrogen and oxygen atoms in total. The summed E-state index contributed by atoms with van der Waals surface area (Å²) in [5, 5.41) is 0. The average molecular weight is 399 g/mol. The molecule has 0 amide bonds. The number of rotatable bonds is 6. The van der Waals surface area contributed by atoms with Crippen LogP contribution in [-0.4, -0.2) is 24.2 Å². The standard InChI is InChI=1S/C17H15O.3CH3.Sn/c1-14(15-8-4-2-5-9-15)12-13-17(18)16-10-6-3-7-11-16;;;;/h2-12H,1,13H2;3*1H3;/b14-12+;;;;. The number of ketones is 1. The number of benzene rings is 2. The van der Waals surface area contributed by atoms with Crippen LogP contribution in [0.2, 0.25) is 19.3 Å². The molecule has 22 heavy (non-hydrogen) atoms. The van der Waals surface area contributed by atoms with Crippen LogP contribution >= 0.6 is 0 Å². The van der Waals surface area contributed by atoms with E-state index in [-0.39, 0.29) is 5.78 Å². The molecule has 0 aliphatic heterocycles. The summed E-state index contributed by atoms with van der Waals surface area (Å²) < 4.78 is 1.17. The number of hydrogen-bond donors (Lipinski definition) is 0. The maximum absolute atomic E-state index is 12.3. The molecule has 0 bridgehead atoms. The molecule has 2 heteroatoms. The number of carbonyl (C=O) groups is 1. The fourth-order valence-electron chi connectivity index (χ4n) is 2.47. The topological polar surface area (TPSA) is 17.1 Å². The Morgan fingerprint density at radius 3 is 1.86 bits per heavy atom. The molecule has 2 rings (SSSR count). The van der Waals surface area contributed by atoms with Crippen molar-refractivity contribution in [2.75, 3.05) is 0 Å². The van der Waals surface area contributed by atoms with E-state index in [1.165, 1.54) is 15.6 Å². The Morgan fingerprint density at radius 1 is 0.864 bits per heavy atom. The first-order valence-electron chi connectivity index (χ1n) is 7.78. The zero-order chi connectivity index (χ0) is 16.0. The molecule has 114 valence electrons. The second kappa shape index (κ2) is 7.77. The predicted octanol–water partition coefficient (Wildman–Crippen LogP) is 5.68. The van der Waals surface area contributed by atoms with Crippen LogP contribution in [-0.2, 0) is 0 Å². The molecule has 0 aliphatic carbocycles. The third-order valence-corrected chi connectivity index (χ3v) is 7.61. The van der Waals surface area contributed by atoms with Crippen LogP contribution in [0, 0.1) is 0 Å². The van der Waals surface area contributed by atoms with Gasteiger partial charge < -0.3 is 0 Å². The number of Topliss-reactive ketones (excluding diaryl/α,β-unsaturated/α-hetero) is 1. The first-order chi connectivity index (χ1) is 10.5. The Bertz CT molecular complexity index is 636. The molecule has 0 aliphatic rings. The minimum atomic E-state index is -1.96. The second-order valence-electron chi connectivity index (χ2n) is 6.83. The Labute approximate surface area is 137 Å². The molecule has 0 saturated carbocycles. The average Bonchev–Trinajstić information content (AvgIpc) is 2.52. The molecule has 0 aromatic heterocycles. The van der Waals surface area contributed by atoms with E-state index in [2.05, 4.69) is 45.2 Å². The first-order valence-corrected chi connectivity index (χ1v) is 18.4. The zero-order valence-corrected chi connectivity index (χ0v) is 16.5. The van der Waals surface area contributed by atoms with Gasteiger partial charge in [0.15, 0.2) is 0 Å². The van der Waals surface area contributed by atoms with Crippen LogP contribution in [0.4, 0.5) is 0 Å². The molecule has 2 aromatic carbocycles. The van der Waals surface area contributed by atoms with Crippen LogP contribution in [0.15, 0.2) is 66.7 Å². The van der Waals surface area contributed by atoms with Gasteiger partial charge in [0.25, 0.3) is 0 Å². The summed E-state index contributed by atoms with van der Waals surface area (Å²) in [5.74, 6) is 0.193. The van der Waals surface area contributed by atoms with Gasteiger partial charge in [0, 0.05) is 0 Å². The molecule has 0 radical (unpaired) electrons. The molecule has 0 atom stereocenters. The van der Waals surface area contributed by atoms with Gasteiger partial charge in [-0.1, -0.05) is 0 Å². The normalized spacial score (nSPS) is 12.2. The zero-order valence-electron chi connectivity index (χ0n) is 13.7. The number of carbonyl (C=O) groups excluding carboxylic acids is 1. The van der Waals surface area contributed by atoms with E-state index in [1.54, 1.807) is 0 Å².